The second kappa shape index (κ2) is 18.7. The Morgan fingerprint density at radius 1 is 0.282 bits per heavy atom. The van der Waals surface area contributed by atoms with E-state index in [0.29, 0.717) is 0 Å². The molecule has 0 radical (unpaired) electrons. The summed E-state index contributed by atoms with van der Waals surface area (Å²) in [5, 5.41) is 9.65. The maximum absolute atomic E-state index is 7.71. The fourth-order valence-electron chi connectivity index (χ4n) is 14.5. The second-order valence-corrected chi connectivity index (χ2v) is 22.7. The first-order valence-electron chi connectivity index (χ1n) is 29.3. The van der Waals surface area contributed by atoms with Gasteiger partial charge in [-0.05, 0) is 144 Å². The van der Waals surface area contributed by atoms with Gasteiger partial charge in [0.15, 0.2) is 0 Å². The number of para-hydroxylation sites is 4. The Hall–Kier alpha value is -11.1. The van der Waals surface area contributed by atoms with Gasteiger partial charge in [0.05, 0.1) is 27.8 Å². The zero-order valence-electron chi connectivity index (χ0n) is 46.2. The number of rotatable bonds is 7. The van der Waals surface area contributed by atoms with E-state index in [2.05, 4.69) is 317 Å². The van der Waals surface area contributed by atoms with E-state index in [4.69, 9.17) is 4.74 Å². The van der Waals surface area contributed by atoms with E-state index < -0.39 is 0 Å². The van der Waals surface area contributed by atoms with Crippen LogP contribution in [0.3, 0.4) is 0 Å². The van der Waals surface area contributed by atoms with Crippen LogP contribution < -0.4 is 26.0 Å². The highest BCUT2D eigenvalue weighted by molar-refractivity contribution is 6.99. The topological polar surface area (TPSA) is 22.3 Å². The van der Waals surface area contributed by atoms with Crippen molar-refractivity contribution in [3.8, 4) is 67.4 Å². The summed E-state index contributed by atoms with van der Waals surface area (Å²) in [6.07, 6.45) is 0. The third kappa shape index (κ3) is 7.24. The minimum absolute atomic E-state index is 0.207. The third-order valence-electron chi connectivity index (χ3n) is 18.1. The van der Waals surface area contributed by atoms with Crippen LogP contribution in [0.5, 0.6) is 11.5 Å². The molecule has 4 heterocycles. The van der Waals surface area contributed by atoms with Crippen molar-refractivity contribution in [1.29, 1.82) is 0 Å². The van der Waals surface area contributed by atoms with E-state index in [1.54, 1.807) is 0 Å². The molecule has 0 saturated carbocycles. The summed E-state index contributed by atoms with van der Waals surface area (Å²) in [6.45, 7) is -0.207. The summed E-state index contributed by atoms with van der Waals surface area (Å²) in [5.41, 5.74) is 22.5. The molecule has 18 rings (SSSR count). The number of ether oxygens (including phenoxy) is 1. The molecule has 14 aromatic carbocycles. The van der Waals surface area contributed by atoms with Crippen molar-refractivity contribution in [3.63, 3.8) is 0 Å². The van der Waals surface area contributed by atoms with Gasteiger partial charge >= 0.3 is 0 Å². The number of aromatic nitrogens is 2. The maximum Gasteiger partial charge on any atom is 0.256 e. The van der Waals surface area contributed by atoms with Crippen LogP contribution in [-0.2, 0) is 0 Å². The predicted molar refractivity (Wildman–Crippen MR) is 358 cm³/mol. The summed E-state index contributed by atoms with van der Waals surface area (Å²) < 4.78 is 12.6. The smallest absolute Gasteiger partial charge is 0.256 e. The Bertz CT molecular complexity index is 5190. The number of fused-ring (bicyclic) bond motifs is 12. The van der Waals surface area contributed by atoms with E-state index in [9.17, 15) is 0 Å². The molecule has 5 heteroatoms. The Balaban J connectivity index is 0.993. The third-order valence-corrected chi connectivity index (χ3v) is 18.1. The predicted octanol–water partition coefficient (Wildman–Crippen LogP) is 19.3. The fourth-order valence-corrected chi connectivity index (χ4v) is 14.5. The van der Waals surface area contributed by atoms with Crippen LogP contribution in [0, 0.1) is 0 Å². The standard InChI is InChI=1S/C80H50BN3O/c1-4-22-51(23-5-1)56-45-66(52-24-6-2-7-25-52)80(67(46-56)53-26-8-3-9-27-53)84-74-49-58(82-70-36-18-14-32-62(70)63-33-15-19-37-71(63)82)40-42-68(74)81-69-43-41-59(83-72-38-20-16-34-64(72)65-35-17-21-39-73(65)83)50-76(69)85-77-48-57(47-75(84)79(77)81)78-60-30-12-10-28-54(60)44-55-29-11-13-31-61(55)78/h1-50H. The molecule has 2 aliphatic rings. The average Bonchev–Trinajstić information content (AvgIpc) is 1.57. The lowest BCUT2D eigenvalue weighted by Gasteiger charge is -2.42. The summed E-state index contributed by atoms with van der Waals surface area (Å²) in [6, 6.07) is 112. The highest BCUT2D eigenvalue weighted by Crippen LogP contribution is 2.53. The van der Waals surface area contributed by atoms with Gasteiger partial charge < -0.3 is 18.8 Å². The number of hydrogen-bond donors (Lipinski definition) is 0. The molecule has 16 aromatic rings. The molecule has 0 aliphatic carbocycles. The van der Waals surface area contributed by atoms with E-state index in [1.165, 1.54) is 54.1 Å². The summed E-state index contributed by atoms with van der Waals surface area (Å²) in [5.74, 6) is 1.68. The molecule has 0 fully saturated rings. The van der Waals surface area contributed by atoms with Gasteiger partial charge in [-0.15, -0.1) is 0 Å². The summed E-state index contributed by atoms with van der Waals surface area (Å²) in [4.78, 5) is 2.62. The second-order valence-electron chi connectivity index (χ2n) is 22.7. The van der Waals surface area contributed by atoms with Gasteiger partial charge in [0.2, 0.25) is 0 Å². The average molecular weight is 1080 g/mol. The Labute approximate surface area is 492 Å². The van der Waals surface area contributed by atoms with Crippen LogP contribution in [0.2, 0.25) is 0 Å². The Morgan fingerprint density at radius 2 is 0.718 bits per heavy atom. The molecular formula is C80H50BN3O. The lowest BCUT2D eigenvalue weighted by atomic mass is 9.34. The molecule has 0 unspecified atom stereocenters. The molecule has 4 nitrogen and oxygen atoms in total. The van der Waals surface area contributed by atoms with Gasteiger partial charge in [-0.1, -0.05) is 224 Å². The minimum Gasteiger partial charge on any atom is -0.458 e. The van der Waals surface area contributed by atoms with E-state index in [-0.39, 0.29) is 6.71 Å². The minimum atomic E-state index is -0.207. The lowest BCUT2D eigenvalue weighted by molar-refractivity contribution is 0.487. The van der Waals surface area contributed by atoms with Crippen molar-refractivity contribution in [3.05, 3.63) is 303 Å². The van der Waals surface area contributed by atoms with Crippen LogP contribution in [0.15, 0.2) is 303 Å². The van der Waals surface area contributed by atoms with E-state index >= 15 is 0 Å². The highest BCUT2D eigenvalue weighted by Gasteiger charge is 2.44. The number of nitrogens with zero attached hydrogens (tertiary/aromatic N) is 3. The van der Waals surface area contributed by atoms with Crippen molar-refractivity contribution >= 4 is 105 Å². The normalized spacial score (nSPS) is 12.5. The van der Waals surface area contributed by atoms with Gasteiger partial charge in [-0.25, -0.2) is 0 Å². The SMILES string of the molecule is c1ccc(-c2cc(-c3ccccc3)c(N3c4cc(-n5c6ccccc6c6ccccc65)ccc4B4c5ccc(-n6c7ccccc7c7ccccc76)cc5Oc5cc(-c6c7ccccc7cc7ccccc67)cc3c54)c(-c3ccccc3)c2)cc1. The first-order valence-corrected chi connectivity index (χ1v) is 29.3. The first kappa shape index (κ1) is 47.5. The van der Waals surface area contributed by atoms with Crippen LogP contribution in [0.25, 0.3) is 121 Å². The molecule has 2 aliphatic heterocycles. The quantitative estimate of drug-likeness (QED) is 0.117. The van der Waals surface area contributed by atoms with Gasteiger partial charge in [0, 0.05) is 61.5 Å². The molecule has 0 amide bonds. The molecule has 0 atom stereocenters. The summed E-state index contributed by atoms with van der Waals surface area (Å²) >= 11 is 0. The molecule has 0 spiro atoms. The largest absolute Gasteiger partial charge is 0.458 e. The van der Waals surface area contributed by atoms with Gasteiger partial charge in [0.25, 0.3) is 6.71 Å². The maximum atomic E-state index is 7.71. The fraction of sp³-hybridized carbons (Fsp3) is 0. The van der Waals surface area contributed by atoms with Crippen LogP contribution in [0.1, 0.15) is 0 Å². The van der Waals surface area contributed by atoms with Gasteiger partial charge in [-0.3, -0.25) is 0 Å². The van der Waals surface area contributed by atoms with E-state index in [1.807, 2.05) is 0 Å². The Kier molecular flexibility index (Phi) is 10.4. The van der Waals surface area contributed by atoms with Crippen molar-refractivity contribution in [2.45, 2.75) is 0 Å². The Morgan fingerprint density at radius 3 is 1.24 bits per heavy atom. The number of hydrogen-bond acceptors (Lipinski definition) is 2. The van der Waals surface area contributed by atoms with Crippen molar-refractivity contribution in [2.75, 3.05) is 4.90 Å². The zero-order valence-corrected chi connectivity index (χ0v) is 46.2. The van der Waals surface area contributed by atoms with Crippen molar-refractivity contribution in [2.24, 2.45) is 0 Å². The van der Waals surface area contributed by atoms with Crippen molar-refractivity contribution in [1.82, 2.24) is 9.13 Å². The highest BCUT2D eigenvalue weighted by atomic mass is 16.5. The zero-order chi connectivity index (χ0) is 55.7. The summed E-state index contributed by atoms with van der Waals surface area (Å²) in [7, 11) is 0. The van der Waals surface area contributed by atoms with Crippen molar-refractivity contribution < 1.29 is 4.74 Å². The van der Waals surface area contributed by atoms with Gasteiger partial charge in [0.1, 0.15) is 11.5 Å². The molecule has 2 aromatic heterocycles. The van der Waals surface area contributed by atoms with Crippen LogP contribution >= 0.6 is 0 Å². The number of benzene rings is 14. The molecular weight excluding hydrogens is 1030 g/mol. The molecule has 0 saturated heterocycles. The molecule has 394 valence electrons. The molecule has 85 heavy (non-hydrogen) atoms. The van der Waals surface area contributed by atoms with Crippen LogP contribution in [0.4, 0.5) is 17.1 Å². The monoisotopic (exact) mass is 1080 g/mol. The van der Waals surface area contributed by atoms with E-state index in [0.717, 1.165) is 112 Å². The first-order chi connectivity index (χ1) is 42.2. The molecule has 0 bridgehead atoms. The van der Waals surface area contributed by atoms with Gasteiger partial charge in [-0.2, -0.15) is 0 Å². The lowest BCUT2D eigenvalue weighted by Crippen LogP contribution is -2.59. The molecule has 0 N–H and O–H groups in total. The number of anilines is 3. The van der Waals surface area contributed by atoms with Crippen LogP contribution in [-0.4, -0.2) is 15.8 Å².